The molecule has 1 aliphatic rings. The number of hydrogen-bond donors (Lipinski definition) is 1. The molecule has 1 aliphatic heterocycles. The van der Waals surface area contributed by atoms with Crippen molar-refractivity contribution in [3.8, 4) is 0 Å². The van der Waals surface area contributed by atoms with Gasteiger partial charge in [-0.25, -0.2) is 12.8 Å². The van der Waals surface area contributed by atoms with E-state index >= 15 is 0 Å². The fraction of sp³-hybridized carbons (Fsp3) is 0.278. The van der Waals surface area contributed by atoms with Crippen molar-refractivity contribution in [2.75, 3.05) is 16.6 Å². The van der Waals surface area contributed by atoms with Crippen molar-refractivity contribution in [1.29, 1.82) is 0 Å². The number of carbonyl (C=O) groups excluding carboxylic acids is 1. The number of nitrogens with one attached hydrogen (secondary N) is 1. The van der Waals surface area contributed by atoms with Gasteiger partial charge in [-0.2, -0.15) is 0 Å². The van der Waals surface area contributed by atoms with Crippen molar-refractivity contribution < 1.29 is 17.6 Å². The standard InChI is InChI=1S/C18H19FN2O3S/c1-13(14-3-7-16(19)8-4-14)20-18(22)15-5-9-17(10-6-15)21-11-2-12-25(21,23)24/h3-10,13H,2,11-12H2,1H3,(H,20,22)/t13-/m0/s1. The van der Waals surface area contributed by atoms with Gasteiger partial charge in [-0.05, 0) is 55.3 Å². The van der Waals surface area contributed by atoms with Gasteiger partial charge in [0.25, 0.3) is 5.91 Å². The van der Waals surface area contributed by atoms with Gasteiger partial charge in [-0.15, -0.1) is 0 Å². The number of nitrogens with zero attached hydrogens (tertiary/aromatic N) is 1. The lowest BCUT2D eigenvalue weighted by atomic mass is 10.1. The number of carbonyl (C=O) groups is 1. The second-order valence-corrected chi connectivity index (χ2v) is 8.05. The van der Waals surface area contributed by atoms with Crippen molar-refractivity contribution >= 4 is 21.6 Å². The molecule has 0 unspecified atom stereocenters. The summed E-state index contributed by atoms with van der Waals surface area (Å²) >= 11 is 0. The van der Waals surface area contributed by atoms with Crippen LogP contribution in [-0.4, -0.2) is 26.6 Å². The van der Waals surface area contributed by atoms with Gasteiger partial charge in [0, 0.05) is 12.1 Å². The van der Waals surface area contributed by atoms with Crippen molar-refractivity contribution in [2.45, 2.75) is 19.4 Å². The maximum Gasteiger partial charge on any atom is 0.251 e. The second kappa shape index (κ2) is 6.84. The molecule has 132 valence electrons. The third-order valence-corrected chi connectivity index (χ3v) is 6.10. The Bertz CT molecular complexity index is 864. The molecule has 0 spiro atoms. The van der Waals surface area contributed by atoms with Crippen LogP contribution in [0.1, 0.15) is 35.3 Å². The van der Waals surface area contributed by atoms with Gasteiger partial charge in [-0.3, -0.25) is 9.10 Å². The van der Waals surface area contributed by atoms with Crippen LogP contribution in [0.4, 0.5) is 10.1 Å². The van der Waals surface area contributed by atoms with E-state index in [-0.39, 0.29) is 23.5 Å². The summed E-state index contributed by atoms with van der Waals surface area (Å²) in [6, 6.07) is 12.2. The predicted molar refractivity (Wildman–Crippen MR) is 94.5 cm³/mol. The molecule has 1 atom stereocenters. The van der Waals surface area contributed by atoms with Gasteiger partial charge in [0.1, 0.15) is 5.82 Å². The summed E-state index contributed by atoms with van der Waals surface area (Å²) in [7, 11) is -3.23. The van der Waals surface area contributed by atoms with Crippen molar-refractivity contribution in [1.82, 2.24) is 5.32 Å². The molecule has 0 bridgehead atoms. The van der Waals surface area contributed by atoms with E-state index in [0.29, 0.717) is 24.2 Å². The average molecular weight is 362 g/mol. The molecule has 25 heavy (non-hydrogen) atoms. The van der Waals surface area contributed by atoms with E-state index < -0.39 is 10.0 Å². The molecule has 0 radical (unpaired) electrons. The predicted octanol–water partition coefficient (Wildman–Crippen LogP) is 2.86. The van der Waals surface area contributed by atoms with Gasteiger partial charge in [0.15, 0.2) is 0 Å². The van der Waals surface area contributed by atoms with E-state index in [2.05, 4.69) is 5.32 Å². The Morgan fingerprint density at radius 1 is 1.12 bits per heavy atom. The van der Waals surface area contributed by atoms with Crippen LogP contribution in [0.5, 0.6) is 0 Å². The smallest absolute Gasteiger partial charge is 0.251 e. The molecule has 3 rings (SSSR count). The van der Waals surface area contributed by atoms with Gasteiger partial charge >= 0.3 is 0 Å². The molecular weight excluding hydrogens is 343 g/mol. The van der Waals surface area contributed by atoms with E-state index in [4.69, 9.17) is 0 Å². The van der Waals surface area contributed by atoms with Crippen LogP contribution in [0.15, 0.2) is 48.5 Å². The summed E-state index contributed by atoms with van der Waals surface area (Å²) in [6.45, 7) is 2.28. The lowest BCUT2D eigenvalue weighted by molar-refractivity contribution is 0.0940. The molecule has 5 nitrogen and oxygen atoms in total. The molecule has 2 aromatic rings. The minimum Gasteiger partial charge on any atom is -0.346 e. The molecule has 1 N–H and O–H groups in total. The first-order valence-electron chi connectivity index (χ1n) is 8.03. The lowest BCUT2D eigenvalue weighted by Gasteiger charge is -2.18. The fourth-order valence-electron chi connectivity index (χ4n) is 2.82. The van der Waals surface area contributed by atoms with Crippen LogP contribution in [0, 0.1) is 5.82 Å². The molecular formula is C18H19FN2O3S. The Morgan fingerprint density at radius 3 is 2.32 bits per heavy atom. The van der Waals surface area contributed by atoms with E-state index in [1.54, 1.807) is 36.4 Å². The summed E-state index contributed by atoms with van der Waals surface area (Å²) in [5, 5.41) is 2.84. The largest absolute Gasteiger partial charge is 0.346 e. The SMILES string of the molecule is C[C@H](NC(=O)c1ccc(N2CCCS2(=O)=O)cc1)c1ccc(F)cc1. The summed E-state index contributed by atoms with van der Waals surface area (Å²) in [5.74, 6) is -0.438. The third kappa shape index (κ3) is 3.82. The lowest BCUT2D eigenvalue weighted by Crippen LogP contribution is -2.27. The van der Waals surface area contributed by atoms with E-state index in [0.717, 1.165) is 5.56 Å². The van der Waals surface area contributed by atoms with Crippen LogP contribution in [0.2, 0.25) is 0 Å². The number of rotatable bonds is 4. The van der Waals surface area contributed by atoms with Crippen LogP contribution >= 0.6 is 0 Å². The maximum absolute atomic E-state index is 13.0. The minimum atomic E-state index is -3.23. The number of halogens is 1. The Balaban J connectivity index is 1.69. The summed E-state index contributed by atoms with van der Waals surface area (Å²) in [5.41, 5.74) is 1.81. The molecule has 0 saturated carbocycles. The highest BCUT2D eigenvalue weighted by Crippen LogP contribution is 2.24. The van der Waals surface area contributed by atoms with Gasteiger partial charge in [-0.1, -0.05) is 12.1 Å². The zero-order valence-corrected chi connectivity index (χ0v) is 14.6. The highest BCUT2D eigenvalue weighted by Gasteiger charge is 2.28. The molecule has 1 amide bonds. The molecule has 1 heterocycles. The Labute approximate surface area is 146 Å². The van der Waals surface area contributed by atoms with Crippen LogP contribution in [0.25, 0.3) is 0 Å². The average Bonchev–Trinajstić information content (AvgIpc) is 2.94. The van der Waals surface area contributed by atoms with Crippen molar-refractivity contribution in [3.05, 3.63) is 65.5 Å². The zero-order chi connectivity index (χ0) is 18.0. The minimum absolute atomic E-state index is 0.157. The number of hydrogen-bond acceptors (Lipinski definition) is 3. The normalized spacial score (nSPS) is 17.3. The summed E-state index contributed by atoms with van der Waals surface area (Å²) < 4.78 is 38.2. The van der Waals surface area contributed by atoms with Crippen molar-refractivity contribution in [2.24, 2.45) is 0 Å². The van der Waals surface area contributed by atoms with Crippen molar-refractivity contribution in [3.63, 3.8) is 0 Å². The highest BCUT2D eigenvalue weighted by molar-refractivity contribution is 7.93. The topological polar surface area (TPSA) is 66.5 Å². The van der Waals surface area contributed by atoms with E-state index in [1.165, 1.54) is 16.4 Å². The maximum atomic E-state index is 13.0. The number of benzene rings is 2. The van der Waals surface area contributed by atoms with E-state index in [1.807, 2.05) is 6.92 Å². The number of amides is 1. The summed E-state index contributed by atoms with van der Waals surface area (Å²) in [4.78, 5) is 12.3. The second-order valence-electron chi connectivity index (χ2n) is 6.04. The molecule has 2 aromatic carbocycles. The first kappa shape index (κ1) is 17.4. The zero-order valence-electron chi connectivity index (χ0n) is 13.8. The van der Waals surface area contributed by atoms with Gasteiger partial charge in [0.2, 0.25) is 10.0 Å². The first-order chi connectivity index (χ1) is 11.9. The molecule has 1 fully saturated rings. The third-order valence-electron chi connectivity index (χ3n) is 4.23. The Kier molecular flexibility index (Phi) is 4.76. The summed E-state index contributed by atoms with van der Waals surface area (Å²) in [6.07, 6.45) is 0.611. The highest BCUT2D eigenvalue weighted by atomic mass is 32.2. The first-order valence-corrected chi connectivity index (χ1v) is 9.64. The molecule has 7 heteroatoms. The number of anilines is 1. The van der Waals surface area contributed by atoms with Crippen LogP contribution in [-0.2, 0) is 10.0 Å². The fourth-order valence-corrected chi connectivity index (χ4v) is 4.39. The monoisotopic (exact) mass is 362 g/mol. The number of sulfonamides is 1. The van der Waals surface area contributed by atoms with Gasteiger partial charge in [0.05, 0.1) is 17.5 Å². The molecule has 0 aliphatic carbocycles. The molecule has 1 saturated heterocycles. The molecule has 0 aromatic heterocycles. The van der Waals surface area contributed by atoms with Crippen LogP contribution in [0.3, 0.4) is 0 Å². The van der Waals surface area contributed by atoms with E-state index in [9.17, 15) is 17.6 Å². The Hall–Kier alpha value is -2.41. The Morgan fingerprint density at radius 2 is 1.76 bits per heavy atom. The quantitative estimate of drug-likeness (QED) is 0.909. The van der Waals surface area contributed by atoms with Gasteiger partial charge < -0.3 is 5.32 Å². The van der Waals surface area contributed by atoms with Crippen LogP contribution < -0.4 is 9.62 Å².